The van der Waals surface area contributed by atoms with Gasteiger partial charge in [0.05, 0.1) is 17.3 Å². The Balaban J connectivity index is 1.44. The number of hydrogen-bond donors (Lipinski definition) is 2. The normalized spacial score (nSPS) is 24.1. The van der Waals surface area contributed by atoms with E-state index in [1.165, 1.54) is 0 Å². The van der Waals surface area contributed by atoms with Gasteiger partial charge in [0.1, 0.15) is 12.2 Å². The Morgan fingerprint density at radius 2 is 2.04 bits per heavy atom. The monoisotopic (exact) mass is 378 g/mol. The maximum absolute atomic E-state index is 13.3. The Bertz CT molecular complexity index is 895. The third-order valence-electron chi connectivity index (χ3n) is 5.49. The molecule has 0 spiro atoms. The molecule has 1 amide bonds. The fraction of sp³-hybridized carbons (Fsp3) is 0.364. The lowest BCUT2D eigenvalue weighted by Crippen LogP contribution is -2.46. The minimum atomic E-state index is -0.947. The molecule has 2 aromatic rings. The van der Waals surface area contributed by atoms with Crippen LogP contribution in [0, 0.1) is 11.3 Å². The number of anilines is 1. The molecule has 28 heavy (non-hydrogen) atoms. The molecule has 3 atom stereocenters. The highest BCUT2D eigenvalue weighted by Gasteiger charge is 2.32. The Labute approximate surface area is 164 Å². The van der Waals surface area contributed by atoms with Crippen LogP contribution in [0.1, 0.15) is 18.4 Å². The van der Waals surface area contributed by atoms with E-state index in [4.69, 9.17) is 0 Å². The van der Waals surface area contributed by atoms with E-state index in [-0.39, 0.29) is 24.9 Å². The summed E-state index contributed by atoms with van der Waals surface area (Å²) >= 11 is 0. The lowest BCUT2D eigenvalue weighted by atomic mass is 10.0. The Morgan fingerprint density at radius 1 is 1.21 bits per heavy atom. The first-order valence-electron chi connectivity index (χ1n) is 9.66. The fourth-order valence-electron chi connectivity index (χ4n) is 4.00. The van der Waals surface area contributed by atoms with Gasteiger partial charge in [-0.15, -0.1) is 0 Å². The Morgan fingerprint density at radius 3 is 2.75 bits per heavy atom. The summed E-state index contributed by atoms with van der Waals surface area (Å²) in [6, 6.07) is 17.8. The molecule has 0 bridgehead atoms. The van der Waals surface area contributed by atoms with Crippen LogP contribution < -0.4 is 15.5 Å². The van der Waals surface area contributed by atoms with Gasteiger partial charge in [-0.2, -0.15) is 5.26 Å². The van der Waals surface area contributed by atoms with Gasteiger partial charge in [-0.1, -0.05) is 36.4 Å². The van der Waals surface area contributed by atoms with Crippen molar-refractivity contribution >= 4 is 11.6 Å². The Hall–Kier alpha value is -2.91. The first-order chi connectivity index (χ1) is 13.6. The summed E-state index contributed by atoms with van der Waals surface area (Å²) in [5.41, 5.74) is 3.61. The van der Waals surface area contributed by atoms with E-state index < -0.39 is 12.2 Å². The van der Waals surface area contributed by atoms with Crippen LogP contribution in [0.3, 0.4) is 0 Å². The molecule has 5 nitrogen and oxygen atoms in total. The van der Waals surface area contributed by atoms with E-state index in [0.29, 0.717) is 12.1 Å². The highest BCUT2D eigenvalue weighted by molar-refractivity contribution is 5.82. The largest absolute Gasteiger partial charge is 0.368 e. The molecule has 2 aliphatic rings. The van der Waals surface area contributed by atoms with Gasteiger partial charge >= 0.3 is 0 Å². The molecule has 0 aromatic heterocycles. The molecule has 4 rings (SSSR count). The highest BCUT2D eigenvalue weighted by Crippen LogP contribution is 2.29. The van der Waals surface area contributed by atoms with E-state index >= 15 is 0 Å². The van der Waals surface area contributed by atoms with E-state index in [1.54, 1.807) is 0 Å². The standard InChI is InChI=1S/C22H23FN4O/c23-18-11-20(25-13-18)22(28)26-19-8-9-27(14-19)21-7-6-16(10-17(21)12-24)15-4-2-1-3-5-15/h1-7,10,18-20,25H,8-9,11,13-14H2,(H,26,28). The van der Waals surface area contributed by atoms with Gasteiger partial charge in [-0.3, -0.25) is 4.79 Å². The maximum Gasteiger partial charge on any atom is 0.237 e. The van der Waals surface area contributed by atoms with Crippen LogP contribution in [0.2, 0.25) is 0 Å². The SMILES string of the molecule is N#Cc1cc(-c2ccccc2)ccc1N1CCC(NC(=O)C2CC(F)CN2)C1. The van der Waals surface area contributed by atoms with Crippen molar-refractivity contribution in [1.29, 1.82) is 5.26 Å². The summed E-state index contributed by atoms with van der Waals surface area (Å²) in [7, 11) is 0. The number of nitrogens with zero attached hydrogens (tertiary/aromatic N) is 2. The van der Waals surface area contributed by atoms with E-state index in [2.05, 4.69) is 21.6 Å². The summed E-state index contributed by atoms with van der Waals surface area (Å²) in [4.78, 5) is 14.4. The van der Waals surface area contributed by atoms with Crippen molar-refractivity contribution in [3.05, 3.63) is 54.1 Å². The van der Waals surface area contributed by atoms with Crippen LogP contribution in [0.15, 0.2) is 48.5 Å². The molecule has 6 heteroatoms. The van der Waals surface area contributed by atoms with Crippen molar-refractivity contribution in [3.63, 3.8) is 0 Å². The van der Waals surface area contributed by atoms with Crippen LogP contribution in [0.4, 0.5) is 10.1 Å². The summed E-state index contributed by atoms with van der Waals surface area (Å²) < 4.78 is 13.3. The quantitative estimate of drug-likeness (QED) is 0.858. The molecule has 2 N–H and O–H groups in total. The van der Waals surface area contributed by atoms with Gasteiger partial charge in [0, 0.05) is 32.1 Å². The van der Waals surface area contributed by atoms with Gasteiger partial charge in [-0.05, 0) is 29.7 Å². The van der Waals surface area contributed by atoms with Crippen molar-refractivity contribution in [2.75, 3.05) is 24.5 Å². The molecule has 2 aromatic carbocycles. The van der Waals surface area contributed by atoms with Gasteiger partial charge in [0.15, 0.2) is 0 Å². The first-order valence-corrected chi connectivity index (χ1v) is 9.66. The van der Waals surface area contributed by atoms with Crippen LogP contribution in [-0.4, -0.2) is 43.8 Å². The second kappa shape index (κ2) is 7.99. The molecule has 2 aliphatic heterocycles. The third-order valence-corrected chi connectivity index (χ3v) is 5.49. The van der Waals surface area contributed by atoms with Gasteiger partial charge in [0.25, 0.3) is 0 Å². The smallest absolute Gasteiger partial charge is 0.237 e. The number of benzene rings is 2. The zero-order valence-corrected chi connectivity index (χ0v) is 15.6. The lowest BCUT2D eigenvalue weighted by molar-refractivity contribution is -0.123. The minimum Gasteiger partial charge on any atom is -0.368 e. The highest BCUT2D eigenvalue weighted by atomic mass is 19.1. The number of rotatable bonds is 4. The minimum absolute atomic E-state index is 0.00769. The molecule has 2 heterocycles. The summed E-state index contributed by atoms with van der Waals surface area (Å²) in [6.45, 7) is 1.67. The zero-order chi connectivity index (χ0) is 19.5. The molecule has 0 aliphatic carbocycles. The fourth-order valence-corrected chi connectivity index (χ4v) is 4.00. The number of hydrogen-bond acceptors (Lipinski definition) is 4. The average molecular weight is 378 g/mol. The van der Waals surface area contributed by atoms with Gasteiger partial charge < -0.3 is 15.5 Å². The number of alkyl halides is 1. The first kappa shape index (κ1) is 18.5. The van der Waals surface area contributed by atoms with Gasteiger partial charge in [0.2, 0.25) is 5.91 Å². The molecular weight excluding hydrogens is 355 g/mol. The molecule has 2 fully saturated rings. The molecule has 0 saturated carbocycles. The van der Waals surface area contributed by atoms with E-state index in [9.17, 15) is 14.4 Å². The van der Waals surface area contributed by atoms with Crippen LogP contribution in [-0.2, 0) is 4.79 Å². The van der Waals surface area contributed by atoms with Crippen molar-refractivity contribution in [3.8, 4) is 17.2 Å². The second-order valence-corrected chi connectivity index (χ2v) is 7.44. The van der Waals surface area contributed by atoms with E-state index in [1.807, 2.05) is 48.5 Å². The lowest BCUT2D eigenvalue weighted by Gasteiger charge is -2.21. The number of amides is 1. The number of carbonyl (C=O) groups excluding carboxylic acids is 1. The van der Waals surface area contributed by atoms with Crippen LogP contribution in [0.25, 0.3) is 11.1 Å². The topological polar surface area (TPSA) is 68.2 Å². The molecule has 144 valence electrons. The number of carbonyl (C=O) groups is 1. The molecule has 0 radical (unpaired) electrons. The average Bonchev–Trinajstić information content (AvgIpc) is 3.37. The number of halogens is 1. The van der Waals surface area contributed by atoms with Crippen molar-refractivity contribution in [2.45, 2.75) is 31.1 Å². The van der Waals surface area contributed by atoms with Gasteiger partial charge in [-0.25, -0.2) is 4.39 Å². The summed E-state index contributed by atoms with van der Waals surface area (Å²) in [5, 5.41) is 15.6. The number of nitrogens with one attached hydrogen (secondary N) is 2. The predicted octanol–water partition coefficient (Wildman–Crippen LogP) is 2.62. The van der Waals surface area contributed by atoms with Crippen molar-refractivity contribution in [2.24, 2.45) is 0 Å². The maximum atomic E-state index is 13.3. The van der Waals surface area contributed by atoms with Crippen LogP contribution >= 0.6 is 0 Å². The third kappa shape index (κ3) is 3.85. The predicted molar refractivity (Wildman–Crippen MR) is 107 cm³/mol. The number of nitriles is 1. The molecule has 2 saturated heterocycles. The molecule has 3 unspecified atom stereocenters. The summed E-state index contributed by atoms with van der Waals surface area (Å²) in [5.74, 6) is -0.132. The van der Waals surface area contributed by atoms with Crippen molar-refractivity contribution < 1.29 is 9.18 Å². The summed E-state index contributed by atoms with van der Waals surface area (Å²) in [6.07, 6.45) is 0.0992. The Kier molecular flexibility index (Phi) is 5.27. The van der Waals surface area contributed by atoms with Crippen LogP contribution in [0.5, 0.6) is 0 Å². The van der Waals surface area contributed by atoms with Crippen molar-refractivity contribution in [1.82, 2.24) is 10.6 Å². The zero-order valence-electron chi connectivity index (χ0n) is 15.6. The van der Waals surface area contributed by atoms with E-state index in [0.717, 1.165) is 29.8 Å². The molecular formula is C22H23FN4O. The second-order valence-electron chi connectivity index (χ2n) is 7.44.